The van der Waals surface area contributed by atoms with Gasteiger partial charge in [0.25, 0.3) is 0 Å². The second-order valence-corrected chi connectivity index (χ2v) is 5.51. The SMILES string of the molecule is CO[C@@H]1C[C@H](C(=O)O)CN(C(=O)OC(C)(C)C)C1. The number of nitrogens with zero attached hydrogens (tertiary/aromatic N) is 1. The van der Waals surface area contributed by atoms with Gasteiger partial charge in [0.2, 0.25) is 0 Å². The number of methoxy groups -OCH3 is 1. The van der Waals surface area contributed by atoms with Crippen molar-refractivity contribution in [3.63, 3.8) is 0 Å². The van der Waals surface area contributed by atoms with E-state index in [-0.39, 0.29) is 12.6 Å². The van der Waals surface area contributed by atoms with Crippen molar-refractivity contribution in [1.82, 2.24) is 4.90 Å². The predicted molar refractivity (Wildman–Crippen MR) is 64.3 cm³/mol. The summed E-state index contributed by atoms with van der Waals surface area (Å²) in [6, 6.07) is 0. The van der Waals surface area contributed by atoms with E-state index in [0.717, 1.165) is 0 Å². The molecule has 0 aromatic heterocycles. The van der Waals surface area contributed by atoms with Crippen LogP contribution in [0.4, 0.5) is 4.79 Å². The molecule has 6 heteroatoms. The lowest BCUT2D eigenvalue weighted by Crippen LogP contribution is -2.50. The van der Waals surface area contributed by atoms with Crippen LogP contribution in [-0.4, -0.2) is 54.0 Å². The molecule has 0 spiro atoms. The van der Waals surface area contributed by atoms with Gasteiger partial charge in [0, 0.05) is 13.7 Å². The number of rotatable bonds is 2. The Hall–Kier alpha value is -1.30. The molecule has 6 nitrogen and oxygen atoms in total. The van der Waals surface area contributed by atoms with Crippen molar-refractivity contribution in [3.8, 4) is 0 Å². The maximum Gasteiger partial charge on any atom is 0.410 e. The van der Waals surface area contributed by atoms with Crippen molar-refractivity contribution in [1.29, 1.82) is 0 Å². The average Bonchev–Trinajstić information content (AvgIpc) is 2.26. The minimum Gasteiger partial charge on any atom is -0.481 e. The second kappa shape index (κ2) is 5.56. The van der Waals surface area contributed by atoms with E-state index in [4.69, 9.17) is 14.6 Å². The number of carboxylic acid groups (broad SMARTS) is 1. The number of carbonyl (C=O) groups excluding carboxylic acids is 1. The quantitative estimate of drug-likeness (QED) is 0.810. The number of likely N-dealkylation sites (tertiary alicyclic amines) is 1. The van der Waals surface area contributed by atoms with Crippen LogP contribution in [0.25, 0.3) is 0 Å². The zero-order chi connectivity index (χ0) is 13.9. The van der Waals surface area contributed by atoms with Crippen LogP contribution >= 0.6 is 0 Å². The summed E-state index contributed by atoms with van der Waals surface area (Å²) < 4.78 is 10.4. The van der Waals surface area contributed by atoms with E-state index in [1.54, 1.807) is 20.8 Å². The van der Waals surface area contributed by atoms with Gasteiger partial charge in [-0.05, 0) is 27.2 Å². The predicted octanol–water partition coefficient (Wildman–Crippen LogP) is 1.34. The molecule has 1 aliphatic heterocycles. The van der Waals surface area contributed by atoms with E-state index in [0.29, 0.717) is 13.0 Å². The standard InChI is InChI=1S/C12H21NO5/c1-12(2,3)18-11(16)13-6-8(10(14)15)5-9(7-13)17-4/h8-9H,5-7H2,1-4H3,(H,14,15)/t8-,9+/m0/s1. The summed E-state index contributed by atoms with van der Waals surface area (Å²) in [5.74, 6) is -1.51. The Bertz CT molecular complexity index is 323. The minimum atomic E-state index is -0.912. The Labute approximate surface area is 107 Å². The van der Waals surface area contributed by atoms with Crippen LogP contribution in [0.15, 0.2) is 0 Å². The van der Waals surface area contributed by atoms with Crippen LogP contribution < -0.4 is 0 Å². The van der Waals surface area contributed by atoms with Gasteiger partial charge in [0.05, 0.1) is 18.6 Å². The number of ether oxygens (including phenoxy) is 2. The Morgan fingerprint density at radius 2 is 1.89 bits per heavy atom. The van der Waals surface area contributed by atoms with E-state index in [9.17, 15) is 9.59 Å². The fraction of sp³-hybridized carbons (Fsp3) is 0.833. The largest absolute Gasteiger partial charge is 0.481 e. The van der Waals surface area contributed by atoms with Gasteiger partial charge < -0.3 is 19.5 Å². The summed E-state index contributed by atoms with van der Waals surface area (Å²) in [5.41, 5.74) is -0.587. The van der Waals surface area contributed by atoms with Crippen molar-refractivity contribution in [2.75, 3.05) is 20.2 Å². The molecule has 0 radical (unpaired) electrons. The van der Waals surface area contributed by atoms with Crippen LogP contribution in [0.3, 0.4) is 0 Å². The van der Waals surface area contributed by atoms with Gasteiger partial charge in [0.1, 0.15) is 5.60 Å². The topological polar surface area (TPSA) is 76.1 Å². The highest BCUT2D eigenvalue weighted by Gasteiger charge is 2.35. The lowest BCUT2D eigenvalue weighted by Gasteiger charge is -2.36. The Morgan fingerprint density at radius 1 is 1.28 bits per heavy atom. The first-order valence-electron chi connectivity index (χ1n) is 5.96. The molecule has 1 heterocycles. The zero-order valence-electron chi connectivity index (χ0n) is 11.3. The average molecular weight is 259 g/mol. The van der Waals surface area contributed by atoms with Gasteiger partial charge in [-0.1, -0.05) is 0 Å². The monoisotopic (exact) mass is 259 g/mol. The molecular weight excluding hydrogens is 238 g/mol. The Morgan fingerprint density at radius 3 is 2.33 bits per heavy atom. The fourth-order valence-corrected chi connectivity index (χ4v) is 1.88. The molecule has 1 N–H and O–H groups in total. The minimum absolute atomic E-state index is 0.171. The van der Waals surface area contributed by atoms with Crippen molar-refractivity contribution in [3.05, 3.63) is 0 Å². The molecule has 0 saturated carbocycles. The molecule has 1 amide bonds. The van der Waals surface area contributed by atoms with Crippen LogP contribution in [0.5, 0.6) is 0 Å². The van der Waals surface area contributed by atoms with Crippen molar-refractivity contribution < 1.29 is 24.2 Å². The summed E-state index contributed by atoms with van der Waals surface area (Å²) in [7, 11) is 1.52. The van der Waals surface area contributed by atoms with E-state index in [1.165, 1.54) is 12.0 Å². The van der Waals surface area contributed by atoms with Gasteiger partial charge in [-0.15, -0.1) is 0 Å². The summed E-state index contributed by atoms with van der Waals surface area (Å²) >= 11 is 0. The number of hydrogen-bond acceptors (Lipinski definition) is 4. The molecule has 0 aliphatic carbocycles. The van der Waals surface area contributed by atoms with E-state index in [1.807, 2.05) is 0 Å². The van der Waals surface area contributed by atoms with Gasteiger partial charge in [0.15, 0.2) is 0 Å². The number of aliphatic carboxylic acids is 1. The third-order valence-electron chi connectivity index (χ3n) is 2.75. The Balaban J connectivity index is 2.69. The first-order valence-corrected chi connectivity index (χ1v) is 5.96. The molecule has 1 rings (SSSR count). The lowest BCUT2D eigenvalue weighted by atomic mass is 9.96. The van der Waals surface area contributed by atoms with Crippen molar-refractivity contribution in [2.45, 2.75) is 38.9 Å². The molecule has 0 aromatic carbocycles. The summed E-state index contributed by atoms with van der Waals surface area (Å²) in [4.78, 5) is 24.3. The fourth-order valence-electron chi connectivity index (χ4n) is 1.88. The van der Waals surface area contributed by atoms with Crippen LogP contribution in [-0.2, 0) is 14.3 Å². The number of piperidine rings is 1. The van der Waals surface area contributed by atoms with Crippen LogP contribution in [0.1, 0.15) is 27.2 Å². The molecule has 1 saturated heterocycles. The van der Waals surface area contributed by atoms with Gasteiger partial charge in [-0.25, -0.2) is 4.79 Å². The number of carboxylic acids is 1. The molecule has 2 atom stereocenters. The third-order valence-corrected chi connectivity index (χ3v) is 2.75. The van der Waals surface area contributed by atoms with Crippen LogP contribution in [0.2, 0.25) is 0 Å². The second-order valence-electron chi connectivity index (χ2n) is 5.51. The lowest BCUT2D eigenvalue weighted by molar-refractivity contribution is -0.145. The van der Waals surface area contributed by atoms with Gasteiger partial charge in [-0.2, -0.15) is 0 Å². The van der Waals surface area contributed by atoms with Crippen molar-refractivity contribution >= 4 is 12.1 Å². The highest BCUT2D eigenvalue weighted by Crippen LogP contribution is 2.21. The Kier molecular flexibility index (Phi) is 4.56. The number of hydrogen-bond donors (Lipinski definition) is 1. The highest BCUT2D eigenvalue weighted by atomic mass is 16.6. The number of carbonyl (C=O) groups is 2. The van der Waals surface area contributed by atoms with E-state index in [2.05, 4.69) is 0 Å². The third kappa shape index (κ3) is 4.18. The van der Waals surface area contributed by atoms with Crippen molar-refractivity contribution in [2.24, 2.45) is 5.92 Å². The molecular formula is C12H21NO5. The molecule has 0 aromatic rings. The molecule has 18 heavy (non-hydrogen) atoms. The van der Waals surface area contributed by atoms with Gasteiger partial charge in [-0.3, -0.25) is 4.79 Å². The maximum atomic E-state index is 11.9. The van der Waals surface area contributed by atoms with Gasteiger partial charge >= 0.3 is 12.1 Å². The summed E-state index contributed by atoms with van der Waals surface area (Å²) in [6.45, 7) is 5.87. The highest BCUT2D eigenvalue weighted by molar-refractivity contribution is 5.73. The molecule has 1 fully saturated rings. The van der Waals surface area contributed by atoms with E-state index < -0.39 is 23.6 Å². The van der Waals surface area contributed by atoms with Crippen LogP contribution in [0, 0.1) is 5.92 Å². The normalized spacial score (nSPS) is 24.8. The zero-order valence-corrected chi connectivity index (χ0v) is 11.3. The molecule has 0 bridgehead atoms. The smallest absolute Gasteiger partial charge is 0.410 e. The number of amides is 1. The summed E-state index contributed by atoms with van der Waals surface area (Å²) in [5, 5.41) is 9.05. The molecule has 104 valence electrons. The first-order chi connectivity index (χ1) is 8.23. The first kappa shape index (κ1) is 14.8. The summed E-state index contributed by atoms with van der Waals surface area (Å²) in [6.07, 6.45) is -0.326. The van der Waals surface area contributed by atoms with E-state index >= 15 is 0 Å². The maximum absolute atomic E-state index is 11.9. The molecule has 0 unspecified atom stereocenters. The molecule has 1 aliphatic rings.